The van der Waals surface area contributed by atoms with Crippen LogP contribution in [0.2, 0.25) is 0 Å². The normalized spacial score (nSPS) is 22.9. The lowest BCUT2D eigenvalue weighted by Gasteiger charge is -2.35. The number of aromatic amines is 1. The molecule has 0 saturated carbocycles. The maximum absolute atomic E-state index is 7.39. The summed E-state index contributed by atoms with van der Waals surface area (Å²) in [6.07, 6.45) is 19.1. The highest BCUT2D eigenvalue weighted by Gasteiger charge is 2.32. The molecular formula is C57H66N12. The number of aromatic nitrogens is 7. The van der Waals surface area contributed by atoms with E-state index in [9.17, 15) is 0 Å². The van der Waals surface area contributed by atoms with Crippen LogP contribution in [0.25, 0.3) is 66.8 Å². The van der Waals surface area contributed by atoms with E-state index in [1.54, 1.807) is 0 Å². The van der Waals surface area contributed by atoms with E-state index in [0.29, 0.717) is 52.8 Å². The molecule has 0 amide bonds. The van der Waals surface area contributed by atoms with Gasteiger partial charge in [-0.1, -0.05) is 82.3 Å². The molecule has 4 fully saturated rings. The van der Waals surface area contributed by atoms with Crippen LogP contribution in [-0.4, -0.2) is 92.1 Å². The van der Waals surface area contributed by atoms with Gasteiger partial charge in [0.2, 0.25) is 0 Å². The summed E-state index contributed by atoms with van der Waals surface area (Å²) in [4.78, 5) is 46.7. The molecule has 8 heterocycles. The molecule has 12 heteroatoms. The number of piperidine rings is 4. The van der Waals surface area contributed by atoms with Crippen LogP contribution in [0.3, 0.4) is 0 Å². The number of hydrogen-bond donors (Lipinski definition) is 2. The number of nitrogens with two attached hydrogens (primary N) is 1. The maximum Gasteiger partial charge on any atom is 0.166 e. The van der Waals surface area contributed by atoms with Crippen LogP contribution >= 0.6 is 0 Å². The number of allylic oxidation sites excluding steroid dienone is 5. The molecule has 7 aliphatic rings. The van der Waals surface area contributed by atoms with Gasteiger partial charge in [-0.2, -0.15) is 0 Å². The fraction of sp³-hybridized carbons (Fsp3) is 0.439. The highest BCUT2D eigenvalue weighted by Crippen LogP contribution is 2.44. The first-order chi connectivity index (χ1) is 33.7. The molecule has 5 aromatic rings. The molecule has 3 aromatic carbocycles. The first kappa shape index (κ1) is 43.7. The van der Waals surface area contributed by atoms with Crippen LogP contribution in [0.5, 0.6) is 0 Å². The highest BCUT2D eigenvalue weighted by atomic mass is 15.2. The van der Waals surface area contributed by atoms with Crippen molar-refractivity contribution in [3.05, 3.63) is 96.4 Å². The Kier molecular flexibility index (Phi) is 11.4. The van der Waals surface area contributed by atoms with Gasteiger partial charge in [0.1, 0.15) is 17.1 Å². The van der Waals surface area contributed by atoms with E-state index in [-0.39, 0.29) is 0 Å². The Morgan fingerprint density at radius 2 is 1.13 bits per heavy atom. The summed E-state index contributed by atoms with van der Waals surface area (Å²) in [6.45, 7) is 17.3. The molecule has 354 valence electrons. The van der Waals surface area contributed by atoms with Gasteiger partial charge in [0.15, 0.2) is 23.3 Å². The zero-order valence-electron chi connectivity index (χ0n) is 40.9. The molecule has 0 spiro atoms. The minimum atomic E-state index is 0.394. The first-order valence-electron chi connectivity index (χ1n) is 26.0. The number of nitrogens with one attached hydrogen (secondary N) is 1. The molecule has 1 aliphatic carbocycles. The number of benzene rings is 3. The molecule has 6 aliphatic heterocycles. The van der Waals surface area contributed by atoms with E-state index in [0.717, 1.165) is 162 Å². The molecular weight excluding hydrogens is 853 g/mol. The van der Waals surface area contributed by atoms with Crippen molar-refractivity contribution in [2.75, 3.05) is 72.8 Å². The predicted molar refractivity (Wildman–Crippen MR) is 283 cm³/mol. The van der Waals surface area contributed by atoms with Gasteiger partial charge in [-0.05, 0) is 99.7 Å². The van der Waals surface area contributed by atoms with Gasteiger partial charge in [0, 0.05) is 109 Å². The van der Waals surface area contributed by atoms with E-state index in [1.807, 2.05) is 6.20 Å². The Labute approximate surface area is 406 Å². The minimum Gasteiger partial charge on any atom is -0.383 e. The van der Waals surface area contributed by atoms with Crippen molar-refractivity contribution in [3.63, 3.8) is 0 Å². The first-order valence-corrected chi connectivity index (χ1v) is 26.0. The SMILES string of the molecule is CC1CCCN(C2=CCC=CC3=C2c2nc3nc3[nH]c(nc4nc(ncc5c(N6CCCC(C)C6)cccc5c(N)n2)-c2cccc(N5CCCC(C)C5)c2-4)c2cccc(N4CCCC(C)C4)c32)C1. The number of H-pyrrole nitrogens is 1. The number of hydrogen-bond acceptors (Lipinski definition) is 11. The van der Waals surface area contributed by atoms with Crippen LogP contribution in [-0.2, 0) is 0 Å². The summed E-state index contributed by atoms with van der Waals surface area (Å²) in [7, 11) is 0. The van der Waals surface area contributed by atoms with Crippen LogP contribution < -0.4 is 20.4 Å². The monoisotopic (exact) mass is 919 g/mol. The van der Waals surface area contributed by atoms with Gasteiger partial charge >= 0.3 is 0 Å². The van der Waals surface area contributed by atoms with Gasteiger partial charge in [-0.25, -0.2) is 29.9 Å². The molecule has 12 nitrogen and oxygen atoms in total. The molecule has 12 rings (SSSR count). The van der Waals surface area contributed by atoms with E-state index in [4.69, 9.17) is 35.6 Å². The second kappa shape index (κ2) is 18.1. The second-order valence-electron chi connectivity index (χ2n) is 21.2. The van der Waals surface area contributed by atoms with E-state index in [2.05, 4.69) is 125 Å². The summed E-state index contributed by atoms with van der Waals surface area (Å²) in [5.74, 6) is 5.20. The lowest BCUT2D eigenvalue weighted by atomic mass is 9.97. The topological polar surface area (TPSA) is 132 Å². The Balaban J connectivity index is 1.19. The summed E-state index contributed by atoms with van der Waals surface area (Å²) >= 11 is 0. The quantitative estimate of drug-likeness (QED) is 0.175. The van der Waals surface area contributed by atoms with E-state index >= 15 is 0 Å². The number of nitrogens with zero attached hydrogens (tertiary/aromatic N) is 10. The van der Waals surface area contributed by atoms with Gasteiger partial charge in [-0.3, -0.25) is 0 Å². The lowest BCUT2D eigenvalue weighted by Crippen LogP contribution is -2.34. The van der Waals surface area contributed by atoms with Crippen molar-refractivity contribution in [3.8, 4) is 22.8 Å². The van der Waals surface area contributed by atoms with Crippen molar-refractivity contribution < 1.29 is 0 Å². The summed E-state index contributed by atoms with van der Waals surface area (Å²) < 4.78 is 0. The molecule has 69 heavy (non-hydrogen) atoms. The molecule has 3 N–H and O–H groups in total. The summed E-state index contributed by atoms with van der Waals surface area (Å²) in [6, 6.07) is 19.6. The van der Waals surface area contributed by atoms with Gasteiger partial charge in [0.25, 0.3) is 0 Å². The molecule has 6 bridgehead atoms. The molecule has 4 atom stereocenters. The number of nitrogen functional groups attached to an aromatic ring is 1. The number of fused-ring (bicyclic) bond motifs is 15. The van der Waals surface area contributed by atoms with Crippen LogP contribution in [0.4, 0.5) is 22.9 Å². The number of likely N-dealkylation sites (tertiary alicyclic amines) is 1. The van der Waals surface area contributed by atoms with Crippen molar-refractivity contribution >= 4 is 66.9 Å². The Bertz CT molecular complexity index is 3150. The fourth-order valence-corrected chi connectivity index (χ4v) is 12.4. The van der Waals surface area contributed by atoms with Crippen molar-refractivity contribution in [1.29, 1.82) is 0 Å². The summed E-state index contributed by atoms with van der Waals surface area (Å²) in [5.41, 5.74) is 17.4. The molecule has 4 unspecified atom stereocenters. The molecule has 4 saturated heterocycles. The zero-order chi connectivity index (χ0) is 46.8. The average Bonchev–Trinajstić information content (AvgIpc) is 3.93. The average molecular weight is 919 g/mol. The van der Waals surface area contributed by atoms with Crippen LogP contribution in [0.15, 0.2) is 84.7 Å². The second-order valence-corrected chi connectivity index (χ2v) is 21.2. The van der Waals surface area contributed by atoms with Crippen molar-refractivity contribution in [2.45, 2.75) is 85.5 Å². The Hall–Kier alpha value is -6.56. The van der Waals surface area contributed by atoms with Crippen LogP contribution in [0.1, 0.15) is 97.1 Å². The van der Waals surface area contributed by atoms with Crippen molar-refractivity contribution in [2.24, 2.45) is 23.7 Å². The smallest absolute Gasteiger partial charge is 0.166 e. The highest BCUT2D eigenvalue weighted by molar-refractivity contribution is 6.12. The standard InChI is InChI=1S/C57H66N12/c1-35-14-10-26-66(31-35)44-23-7-19-39-43(44)30-59-52-40-20-8-24-46(68-28-12-16-37(3)33-68)48(40)56(61-52)63-54-42-21-9-25-47(69-29-13-17-38(4)34-69)50(42)57(65-54)64-53-41-18-5-6-22-45(67-27-11-15-36(2)32-67)49(41)55(62-53)60-51(39)58/h5,7-9,18-25,30,35-38H,6,10-17,26-29,31-34H2,1-4H3,(H3,58,59,60,61,62,63,64,65). The van der Waals surface area contributed by atoms with E-state index < -0.39 is 0 Å². The zero-order valence-corrected chi connectivity index (χ0v) is 40.9. The molecule has 0 radical (unpaired) electrons. The number of anilines is 4. The lowest BCUT2D eigenvalue weighted by molar-refractivity contribution is 0.236. The summed E-state index contributed by atoms with van der Waals surface area (Å²) in [5, 5.41) is 3.79. The Morgan fingerprint density at radius 3 is 1.84 bits per heavy atom. The maximum atomic E-state index is 7.39. The van der Waals surface area contributed by atoms with Gasteiger partial charge < -0.3 is 30.3 Å². The largest absolute Gasteiger partial charge is 0.383 e. The predicted octanol–water partition coefficient (Wildman–Crippen LogP) is 11.4. The Morgan fingerprint density at radius 1 is 0.551 bits per heavy atom. The minimum absolute atomic E-state index is 0.394. The molecule has 2 aromatic heterocycles. The van der Waals surface area contributed by atoms with E-state index in [1.165, 1.54) is 25.7 Å². The van der Waals surface area contributed by atoms with Gasteiger partial charge in [-0.15, -0.1) is 0 Å². The number of rotatable bonds is 4. The third-order valence-electron chi connectivity index (χ3n) is 15.8. The van der Waals surface area contributed by atoms with Crippen LogP contribution in [0, 0.1) is 23.7 Å². The third kappa shape index (κ3) is 8.13. The fourth-order valence-electron chi connectivity index (χ4n) is 12.4. The third-order valence-corrected chi connectivity index (χ3v) is 15.8. The van der Waals surface area contributed by atoms with Gasteiger partial charge in [0.05, 0.1) is 16.5 Å². The van der Waals surface area contributed by atoms with Crippen molar-refractivity contribution in [1.82, 2.24) is 39.8 Å².